The molecule has 0 spiro atoms. The van der Waals surface area contributed by atoms with Crippen LogP contribution >= 0.6 is 11.8 Å². The predicted octanol–water partition coefficient (Wildman–Crippen LogP) is 2.89. The quantitative estimate of drug-likeness (QED) is 0.633. The Morgan fingerprint density at radius 1 is 0.929 bits per heavy atom. The van der Waals surface area contributed by atoms with Crippen LogP contribution in [0.15, 0.2) is 65.7 Å². The van der Waals surface area contributed by atoms with E-state index < -0.39 is 12.1 Å². The van der Waals surface area contributed by atoms with E-state index >= 15 is 0 Å². The van der Waals surface area contributed by atoms with E-state index in [0.29, 0.717) is 12.8 Å². The van der Waals surface area contributed by atoms with Crippen molar-refractivity contribution < 1.29 is 9.59 Å². The first kappa shape index (κ1) is 18.6. The largest absolute Gasteiger partial charge is 0.350 e. The van der Waals surface area contributed by atoms with Crippen molar-refractivity contribution in [1.82, 2.24) is 15.2 Å². The van der Waals surface area contributed by atoms with Gasteiger partial charge in [0.25, 0.3) is 0 Å². The van der Waals surface area contributed by atoms with Crippen molar-refractivity contribution in [1.29, 1.82) is 0 Å². The number of hydrogen-bond acceptors (Lipinski definition) is 3. The van der Waals surface area contributed by atoms with Crippen molar-refractivity contribution in [3.8, 4) is 0 Å². The first-order chi connectivity index (χ1) is 13.6. The number of benzene rings is 2. The van der Waals surface area contributed by atoms with E-state index in [4.69, 9.17) is 0 Å². The Labute approximate surface area is 168 Å². The zero-order valence-corrected chi connectivity index (χ0v) is 16.5. The number of piperazine rings is 1. The number of nitrogens with zero attached hydrogens (tertiary/aromatic N) is 1. The van der Waals surface area contributed by atoms with Crippen molar-refractivity contribution in [2.45, 2.75) is 29.8 Å². The highest BCUT2D eigenvalue weighted by atomic mass is 32.2. The summed E-state index contributed by atoms with van der Waals surface area (Å²) in [5, 5.41) is 6.94. The van der Waals surface area contributed by atoms with Crippen LogP contribution in [-0.2, 0) is 23.1 Å². The van der Waals surface area contributed by atoms with Crippen LogP contribution in [0.2, 0.25) is 0 Å². The highest BCUT2D eigenvalue weighted by Crippen LogP contribution is 2.23. The maximum absolute atomic E-state index is 12.6. The normalized spacial score (nSPS) is 19.5. The number of carbonyl (C=O) groups excluding carboxylic acids is 2. The van der Waals surface area contributed by atoms with Crippen LogP contribution in [0.4, 0.5) is 0 Å². The summed E-state index contributed by atoms with van der Waals surface area (Å²) >= 11 is 1.69. The van der Waals surface area contributed by atoms with Gasteiger partial charge in [-0.2, -0.15) is 0 Å². The molecule has 0 radical (unpaired) electrons. The van der Waals surface area contributed by atoms with Crippen molar-refractivity contribution in [3.63, 3.8) is 0 Å². The Morgan fingerprint density at radius 3 is 2.43 bits per heavy atom. The molecule has 2 amide bonds. The van der Waals surface area contributed by atoms with Gasteiger partial charge in [0.1, 0.15) is 12.1 Å². The number of para-hydroxylation sites is 1. The smallest absolute Gasteiger partial charge is 0.243 e. The highest BCUT2D eigenvalue weighted by molar-refractivity contribution is 7.99. The molecule has 2 N–H and O–H groups in total. The SMILES string of the molecule is Cn1cc(C[C@H]2NC(=O)[C@@H](CCSc3ccccc3)NC2=O)c2ccccc21. The van der Waals surface area contributed by atoms with Gasteiger partial charge in [-0.1, -0.05) is 36.4 Å². The first-order valence-electron chi connectivity index (χ1n) is 9.43. The minimum absolute atomic E-state index is 0.0986. The summed E-state index contributed by atoms with van der Waals surface area (Å²) in [6, 6.07) is 17.2. The molecular weight excluding hydrogens is 370 g/mol. The predicted molar refractivity (Wildman–Crippen MR) is 112 cm³/mol. The molecular formula is C22H23N3O2S. The van der Waals surface area contributed by atoms with Crippen LogP contribution in [0, 0.1) is 0 Å². The Hall–Kier alpha value is -2.73. The zero-order chi connectivity index (χ0) is 19.5. The second kappa shape index (κ2) is 8.10. The topological polar surface area (TPSA) is 63.1 Å². The lowest BCUT2D eigenvalue weighted by Gasteiger charge is -2.29. The van der Waals surface area contributed by atoms with Crippen molar-refractivity contribution in [2.24, 2.45) is 7.05 Å². The fourth-order valence-corrected chi connectivity index (χ4v) is 4.58. The Balaban J connectivity index is 1.37. The number of amides is 2. The average molecular weight is 394 g/mol. The molecule has 3 aromatic rings. The monoisotopic (exact) mass is 393 g/mol. The molecule has 1 aliphatic rings. The molecule has 144 valence electrons. The number of aryl methyl sites for hydroxylation is 1. The summed E-state index contributed by atoms with van der Waals surface area (Å²) in [5.41, 5.74) is 2.19. The molecule has 0 aliphatic carbocycles. The molecule has 0 saturated carbocycles. The maximum Gasteiger partial charge on any atom is 0.243 e. The fraction of sp³-hybridized carbons (Fsp3) is 0.273. The Morgan fingerprint density at radius 2 is 1.61 bits per heavy atom. The molecule has 5 nitrogen and oxygen atoms in total. The number of thioether (sulfide) groups is 1. The molecule has 28 heavy (non-hydrogen) atoms. The molecule has 2 aromatic carbocycles. The lowest BCUT2D eigenvalue weighted by Crippen LogP contribution is -2.62. The molecule has 0 bridgehead atoms. The third-order valence-electron chi connectivity index (χ3n) is 5.09. The van der Waals surface area contributed by atoms with Crippen LogP contribution in [0.1, 0.15) is 12.0 Å². The van der Waals surface area contributed by atoms with E-state index in [9.17, 15) is 9.59 Å². The van der Waals surface area contributed by atoms with Gasteiger partial charge in [0.15, 0.2) is 0 Å². The van der Waals surface area contributed by atoms with E-state index in [0.717, 1.165) is 22.2 Å². The van der Waals surface area contributed by atoms with E-state index in [1.165, 1.54) is 4.90 Å². The lowest BCUT2D eigenvalue weighted by atomic mass is 10.0. The highest BCUT2D eigenvalue weighted by Gasteiger charge is 2.33. The van der Waals surface area contributed by atoms with Crippen LogP contribution in [-0.4, -0.2) is 34.2 Å². The van der Waals surface area contributed by atoms with Crippen LogP contribution < -0.4 is 10.6 Å². The van der Waals surface area contributed by atoms with Crippen LogP contribution in [0.5, 0.6) is 0 Å². The average Bonchev–Trinajstić information content (AvgIpc) is 3.02. The summed E-state index contributed by atoms with van der Waals surface area (Å²) in [6.45, 7) is 0. The van der Waals surface area contributed by atoms with Crippen molar-refractivity contribution in [3.05, 3.63) is 66.4 Å². The summed E-state index contributed by atoms with van der Waals surface area (Å²) in [7, 11) is 1.99. The zero-order valence-electron chi connectivity index (χ0n) is 15.7. The second-order valence-electron chi connectivity index (χ2n) is 7.06. The standard InChI is InChI=1S/C22H23N3O2S/c1-25-14-15(17-9-5-6-10-20(17)25)13-19-22(27)23-18(21(26)24-19)11-12-28-16-7-3-2-4-8-16/h2-10,14,18-19H,11-13H2,1H3,(H,23,27)(H,24,26)/t18-,19-/m1/s1. The van der Waals surface area contributed by atoms with E-state index in [-0.39, 0.29) is 11.8 Å². The molecule has 1 fully saturated rings. The van der Waals surface area contributed by atoms with Crippen LogP contribution in [0.25, 0.3) is 10.9 Å². The van der Waals surface area contributed by atoms with Crippen molar-refractivity contribution >= 4 is 34.5 Å². The number of aromatic nitrogens is 1. The van der Waals surface area contributed by atoms with Gasteiger partial charge in [-0.3, -0.25) is 9.59 Å². The number of fused-ring (bicyclic) bond motifs is 1. The fourth-order valence-electron chi connectivity index (χ4n) is 3.64. The second-order valence-corrected chi connectivity index (χ2v) is 8.23. The number of hydrogen-bond donors (Lipinski definition) is 2. The number of nitrogens with one attached hydrogen (secondary N) is 2. The van der Waals surface area contributed by atoms with E-state index in [1.54, 1.807) is 11.8 Å². The van der Waals surface area contributed by atoms with Gasteiger partial charge >= 0.3 is 0 Å². The molecule has 6 heteroatoms. The van der Waals surface area contributed by atoms with E-state index in [1.807, 2.05) is 55.7 Å². The summed E-state index contributed by atoms with van der Waals surface area (Å²) < 4.78 is 2.05. The van der Waals surface area contributed by atoms with Gasteiger partial charge < -0.3 is 15.2 Å². The molecule has 2 atom stereocenters. The Kier molecular flexibility index (Phi) is 5.39. The Bertz CT molecular complexity index is 999. The molecule has 1 saturated heterocycles. The third kappa shape index (κ3) is 3.92. The van der Waals surface area contributed by atoms with Gasteiger partial charge in [0.05, 0.1) is 0 Å². The maximum atomic E-state index is 12.6. The first-order valence-corrected chi connectivity index (χ1v) is 10.4. The molecule has 2 heterocycles. The van der Waals surface area contributed by atoms with Crippen LogP contribution in [0.3, 0.4) is 0 Å². The summed E-state index contributed by atoms with van der Waals surface area (Å²) in [5.74, 6) is 0.567. The third-order valence-corrected chi connectivity index (χ3v) is 6.13. The molecule has 1 aromatic heterocycles. The lowest BCUT2D eigenvalue weighted by molar-refractivity contribution is -0.136. The van der Waals surface area contributed by atoms with Gasteiger partial charge in [-0.25, -0.2) is 0 Å². The number of carbonyl (C=O) groups is 2. The summed E-state index contributed by atoms with van der Waals surface area (Å²) in [4.78, 5) is 26.3. The van der Waals surface area contributed by atoms with E-state index in [2.05, 4.69) is 27.3 Å². The van der Waals surface area contributed by atoms with Gasteiger partial charge in [-0.15, -0.1) is 11.8 Å². The molecule has 1 aliphatic heterocycles. The molecule has 0 unspecified atom stereocenters. The van der Waals surface area contributed by atoms with Crippen molar-refractivity contribution in [2.75, 3.05) is 5.75 Å². The minimum atomic E-state index is -0.531. The van der Waals surface area contributed by atoms with Gasteiger partial charge in [0.2, 0.25) is 11.8 Å². The minimum Gasteiger partial charge on any atom is -0.350 e. The van der Waals surface area contributed by atoms with Gasteiger partial charge in [-0.05, 0) is 30.2 Å². The molecule has 4 rings (SSSR count). The summed E-state index contributed by atoms with van der Waals surface area (Å²) in [6.07, 6.45) is 3.13. The van der Waals surface area contributed by atoms with Gasteiger partial charge in [0, 0.05) is 41.2 Å². The number of rotatable bonds is 6.